The first-order chi connectivity index (χ1) is 10.8. The molecule has 5 nitrogen and oxygen atoms in total. The van der Waals surface area contributed by atoms with Crippen molar-refractivity contribution in [1.29, 1.82) is 0 Å². The number of morpholine rings is 1. The lowest BCUT2D eigenvalue weighted by molar-refractivity contribution is 0.0342. The monoisotopic (exact) mass is 304 g/mol. The quantitative estimate of drug-likeness (QED) is 0.894. The molecule has 22 heavy (non-hydrogen) atoms. The van der Waals surface area contributed by atoms with Crippen LogP contribution in [0.15, 0.2) is 24.3 Å². The van der Waals surface area contributed by atoms with Crippen molar-refractivity contribution >= 4 is 5.91 Å². The highest BCUT2D eigenvalue weighted by Gasteiger charge is 2.17. The molecule has 2 heterocycles. The average molecular weight is 304 g/mol. The van der Waals surface area contributed by atoms with Gasteiger partial charge in [0.2, 0.25) is 0 Å². The van der Waals surface area contributed by atoms with Crippen LogP contribution in [0.4, 0.5) is 0 Å². The number of benzene rings is 1. The summed E-state index contributed by atoms with van der Waals surface area (Å²) in [6.07, 6.45) is 2.31. The Balaban J connectivity index is 1.53. The van der Waals surface area contributed by atoms with E-state index >= 15 is 0 Å². The molecule has 2 saturated heterocycles. The summed E-state index contributed by atoms with van der Waals surface area (Å²) in [6, 6.07) is 7.89. The van der Waals surface area contributed by atoms with E-state index < -0.39 is 0 Å². The molecule has 2 fully saturated rings. The number of carbonyl (C=O) groups excluding carboxylic acids is 1. The van der Waals surface area contributed by atoms with Crippen LogP contribution < -0.4 is 5.32 Å². The summed E-state index contributed by atoms with van der Waals surface area (Å²) in [7, 11) is 0. The molecule has 0 spiro atoms. The zero-order valence-electron chi connectivity index (χ0n) is 12.9. The number of nitrogens with one attached hydrogen (secondary N) is 1. The molecule has 2 aliphatic rings. The molecule has 2 aliphatic heterocycles. The second-order valence-electron chi connectivity index (χ2n) is 5.93. The molecule has 0 aromatic heterocycles. The smallest absolute Gasteiger partial charge is 0.251 e. The third-order valence-corrected chi connectivity index (χ3v) is 4.21. The van der Waals surface area contributed by atoms with Crippen molar-refractivity contribution in [2.45, 2.75) is 25.5 Å². The van der Waals surface area contributed by atoms with Gasteiger partial charge in [0.15, 0.2) is 0 Å². The van der Waals surface area contributed by atoms with Gasteiger partial charge in [-0.05, 0) is 30.5 Å². The average Bonchev–Trinajstić information content (AvgIpc) is 3.07. The molecule has 0 saturated carbocycles. The molecule has 120 valence electrons. The van der Waals surface area contributed by atoms with Crippen LogP contribution in [0.5, 0.6) is 0 Å². The lowest BCUT2D eigenvalue weighted by Gasteiger charge is -2.26. The first-order valence-corrected chi connectivity index (χ1v) is 8.10. The van der Waals surface area contributed by atoms with Crippen LogP contribution in [-0.4, -0.2) is 56.4 Å². The van der Waals surface area contributed by atoms with E-state index in [1.54, 1.807) is 0 Å². The van der Waals surface area contributed by atoms with Crippen LogP contribution in [0.25, 0.3) is 0 Å². The van der Waals surface area contributed by atoms with Gasteiger partial charge in [-0.1, -0.05) is 12.1 Å². The second-order valence-corrected chi connectivity index (χ2v) is 5.93. The maximum atomic E-state index is 12.2. The molecule has 1 amide bonds. The highest BCUT2D eigenvalue weighted by atomic mass is 16.5. The van der Waals surface area contributed by atoms with E-state index in [4.69, 9.17) is 9.47 Å². The molecule has 5 heteroatoms. The van der Waals surface area contributed by atoms with Gasteiger partial charge in [-0.15, -0.1) is 0 Å². The van der Waals surface area contributed by atoms with Gasteiger partial charge in [0.25, 0.3) is 5.91 Å². The summed E-state index contributed by atoms with van der Waals surface area (Å²) >= 11 is 0. The van der Waals surface area contributed by atoms with Crippen LogP contribution in [0.1, 0.15) is 28.8 Å². The number of carbonyl (C=O) groups is 1. The Morgan fingerprint density at radius 2 is 2.14 bits per heavy atom. The van der Waals surface area contributed by atoms with Crippen molar-refractivity contribution in [3.05, 3.63) is 35.4 Å². The Morgan fingerprint density at radius 3 is 2.91 bits per heavy atom. The van der Waals surface area contributed by atoms with E-state index in [9.17, 15) is 4.79 Å². The fraction of sp³-hybridized carbons (Fsp3) is 0.588. The number of amides is 1. The summed E-state index contributed by atoms with van der Waals surface area (Å²) in [5, 5.41) is 2.97. The minimum Gasteiger partial charge on any atom is -0.379 e. The molecule has 0 unspecified atom stereocenters. The summed E-state index contributed by atoms with van der Waals surface area (Å²) in [4.78, 5) is 14.6. The Kier molecular flexibility index (Phi) is 5.43. The van der Waals surface area contributed by atoms with Crippen LogP contribution in [0.3, 0.4) is 0 Å². The first-order valence-electron chi connectivity index (χ1n) is 8.10. The molecular formula is C17H24N2O3. The van der Waals surface area contributed by atoms with Gasteiger partial charge in [0.1, 0.15) is 0 Å². The third-order valence-electron chi connectivity index (χ3n) is 4.21. The molecule has 1 N–H and O–H groups in total. The zero-order valence-corrected chi connectivity index (χ0v) is 12.9. The van der Waals surface area contributed by atoms with Crippen LogP contribution in [0.2, 0.25) is 0 Å². The zero-order chi connectivity index (χ0) is 15.2. The number of hydrogen-bond donors (Lipinski definition) is 1. The molecule has 0 bridgehead atoms. The molecule has 1 aromatic carbocycles. The Morgan fingerprint density at radius 1 is 1.27 bits per heavy atom. The van der Waals surface area contributed by atoms with Crippen LogP contribution >= 0.6 is 0 Å². The van der Waals surface area contributed by atoms with Gasteiger partial charge < -0.3 is 14.8 Å². The number of ether oxygens (including phenoxy) is 2. The van der Waals surface area contributed by atoms with E-state index in [0.29, 0.717) is 6.54 Å². The SMILES string of the molecule is O=C(NC[C@@H]1CCCO1)c1cccc(CN2CCOCC2)c1. The normalized spacial score (nSPS) is 22.6. The number of hydrogen-bond acceptors (Lipinski definition) is 4. The summed E-state index contributed by atoms with van der Waals surface area (Å²) in [6.45, 7) is 5.78. The standard InChI is InChI=1S/C17H24N2O3/c20-17(18-12-16-5-2-8-22-16)15-4-1-3-14(11-15)13-19-6-9-21-10-7-19/h1,3-4,11,16H,2,5-10,12-13H2,(H,18,20)/t16-/m0/s1. The Labute approximate surface area is 131 Å². The van der Waals surface area contributed by atoms with Crippen LogP contribution in [0, 0.1) is 0 Å². The highest BCUT2D eigenvalue weighted by molar-refractivity contribution is 5.94. The lowest BCUT2D eigenvalue weighted by atomic mass is 10.1. The van der Waals surface area contributed by atoms with Crippen molar-refractivity contribution in [1.82, 2.24) is 10.2 Å². The molecule has 1 atom stereocenters. The van der Waals surface area contributed by atoms with E-state index in [1.807, 2.05) is 18.2 Å². The predicted molar refractivity (Wildman–Crippen MR) is 83.8 cm³/mol. The van der Waals surface area contributed by atoms with E-state index in [1.165, 1.54) is 5.56 Å². The fourth-order valence-electron chi connectivity index (χ4n) is 2.94. The van der Waals surface area contributed by atoms with E-state index in [0.717, 1.165) is 57.9 Å². The Bertz CT molecular complexity index is 494. The highest BCUT2D eigenvalue weighted by Crippen LogP contribution is 2.12. The van der Waals surface area contributed by atoms with Crippen molar-refractivity contribution in [2.24, 2.45) is 0 Å². The minimum absolute atomic E-state index is 0.0145. The molecule has 0 aliphatic carbocycles. The van der Waals surface area contributed by atoms with Crippen molar-refractivity contribution < 1.29 is 14.3 Å². The van der Waals surface area contributed by atoms with Crippen molar-refractivity contribution in [2.75, 3.05) is 39.5 Å². The molecule has 1 aromatic rings. The topological polar surface area (TPSA) is 50.8 Å². The van der Waals surface area contributed by atoms with Crippen molar-refractivity contribution in [3.8, 4) is 0 Å². The first kappa shape index (κ1) is 15.5. The van der Waals surface area contributed by atoms with Crippen molar-refractivity contribution in [3.63, 3.8) is 0 Å². The Hall–Kier alpha value is -1.43. The lowest BCUT2D eigenvalue weighted by Crippen LogP contribution is -2.35. The summed E-state index contributed by atoms with van der Waals surface area (Å²) in [5.74, 6) is -0.0145. The van der Waals surface area contributed by atoms with Gasteiger partial charge in [0, 0.05) is 38.3 Å². The van der Waals surface area contributed by atoms with Gasteiger partial charge in [-0.3, -0.25) is 9.69 Å². The van der Waals surface area contributed by atoms with Crippen LogP contribution in [-0.2, 0) is 16.0 Å². The van der Waals surface area contributed by atoms with Gasteiger partial charge in [-0.25, -0.2) is 0 Å². The van der Waals surface area contributed by atoms with Gasteiger partial charge in [-0.2, -0.15) is 0 Å². The van der Waals surface area contributed by atoms with Gasteiger partial charge in [0.05, 0.1) is 19.3 Å². The van der Waals surface area contributed by atoms with E-state index in [2.05, 4.69) is 16.3 Å². The summed E-state index contributed by atoms with van der Waals surface area (Å²) in [5.41, 5.74) is 1.90. The minimum atomic E-state index is -0.0145. The third kappa shape index (κ3) is 4.29. The maximum Gasteiger partial charge on any atom is 0.251 e. The molecule has 3 rings (SSSR count). The molecular weight excluding hydrogens is 280 g/mol. The predicted octanol–water partition coefficient (Wildman–Crippen LogP) is 1.43. The summed E-state index contributed by atoms with van der Waals surface area (Å²) < 4.78 is 10.9. The second kappa shape index (κ2) is 7.72. The maximum absolute atomic E-state index is 12.2. The fourth-order valence-corrected chi connectivity index (χ4v) is 2.94. The largest absolute Gasteiger partial charge is 0.379 e. The molecule has 0 radical (unpaired) electrons. The van der Waals surface area contributed by atoms with Gasteiger partial charge >= 0.3 is 0 Å². The number of rotatable bonds is 5. The van der Waals surface area contributed by atoms with E-state index in [-0.39, 0.29) is 12.0 Å². The number of nitrogens with zero attached hydrogens (tertiary/aromatic N) is 1.